The molecule has 1 heterocycles. The van der Waals surface area contributed by atoms with Crippen LogP contribution in [0, 0.1) is 5.92 Å². The van der Waals surface area contributed by atoms with Gasteiger partial charge < -0.3 is 5.32 Å². The van der Waals surface area contributed by atoms with Crippen molar-refractivity contribution in [3.8, 4) is 0 Å². The van der Waals surface area contributed by atoms with E-state index in [-0.39, 0.29) is 0 Å². The van der Waals surface area contributed by atoms with Gasteiger partial charge in [0.25, 0.3) is 0 Å². The lowest BCUT2D eigenvalue weighted by atomic mass is 10.1. The van der Waals surface area contributed by atoms with Gasteiger partial charge in [-0.3, -0.25) is 0 Å². The van der Waals surface area contributed by atoms with Crippen LogP contribution in [0.5, 0.6) is 0 Å². The highest BCUT2D eigenvalue weighted by Crippen LogP contribution is 2.26. The lowest BCUT2D eigenvalue weighted by molar-refractivity contribution is 0.502. The number of hydrogen-bond acceptors (Lipinski definition) is 3. The minimum Gasteiger partial charge on any atom is -0.308 e. The summed E-state index contributed by atoms with van der Waals surface area (Å²) < 4.78 is 1.30. The van der Waals surface area contributed by atoms with E-state index in [9.17, 15) is 0 Å². The van der Waals surface area contributed by atoms with Crippen LogP contribution in [-0.4, -0.2) is 11.0 Å². The minimum atomic E-state index is 0.706. The summed E-state index contributed by atoms with van der Waals surface area (Å²) in [5.74, 6) is 0.892. The number of rotatable bonds is 3. The van der Waals surface area contributed by atoms with Gasteiger partial charge in [0.05, 0.1) is 10.2 Å². The molecule has 3 heteroatoms. The fourth-order valence-electron chi connectivity index (χ4n) is 2.62. The van der Waals surface area contributed by atoms with Gasteiger partial charge in [0.1, 0.15) is 5.01 Å². The van der Waals surface area contributed by atoms with Crippen LogP contribution < -0.4 is 5.32 Å². The van der Waals surface area contributed by atoms with Crippen molar-refractivity contribution < 1.29 is 0 Å². The maximum atomic E-state index is 4.65. The van der Waals surface area contributed by atoms with Crippen LogP contribution in [0.25, 0.3) is 10.2 Å². The molecule has 3 rings (SSSR count). The second-order valence-electron chi connectivity index (χ2n) is 5.07. The Morgan fingerprint density at radius 3 is 3.00 bits per heavy atom. The van der Waals surface area contributed by atoms with Crippen molar-refractivity contribution in [2.24, 2.45) is 5.92 Å². The van der Waals surface area contributed by atoms with E-state index in [0.29, 0.717) is 6.04 Å². The van der Waals surface area contributed by atoms with Gasteiger partial charge in [0.2, 0.25) is 0 Å². The summed E-state index contributed by atoms with van der Waals surface area (Å²) in [6.07, 6.45) is 4.02. The lowest BCUT2D eigenvalue weighted by Gasteiger charge is -2.10. The molecular weight excluding hydrogens is 228 g/mol. The van der Waals surface area contributed by atoms with Crippen molar-refractivity contribution >= 4 is 21.6 Å². The third kappa shape index (κ3) is 2.50. The molecule has 0 radical (unpaired) electrons. The largest absolute Gasteiger partial charge is 0.308 e. The molecule has 0 bridgehead atoms. The minimum absolute atomic E-state index is 0.706. The van der Waals surface area contributed by atoms with E-state index in [4.69, 9.17) is 0 Å². The van der Waals surface area contributed by atoms with Crippen molar-refractivity contribution in [1.29, 1.82) is 0 Å². The summed E-state index contributed by atoms with van der Waals surface area (Å²) in [4.78, 5) is 4.65. The van der Waals surface area contributed by atoms with Gasteiger partial charge in [-0.05, 0) is 37.3 Å². The molecule has 2 nitrogen and oxygen atoms in total. The standard InChI is InChI=1S/C14H18N2S/c1-10-6-7-11(8-10)15-9-14-16-12-4-2-3-5-13(12)17-14/h2-5,10-11,15H,6-9H2,1H3. The molecule has 2 unspecified atom stereocenters. The molecule has 1 fully saturated rings. The van der Waals surface area contributed by atoms with Crippen molar-refractivity contribution in [2.75, 3.05) is 0 Å². The van der Waals surface area contributed by atoms with Crippen LogP contribution >= 0.6 is 11.3 Å². The zero-order valence-electron chi connectivity index (χ0n) is 10.1. The van der Waals surface area contributed by atoms with Gasteiger partial charge in [-0.1, -0.05) is 19.1 Å². The van der Waals surface area contributed by atoms with E-state index in [1.165, 1.54) is 29.0 Å². The van der Waals surface area contributed by atoms with Crippen LogP contribution in [-0.2, 0) is 6.54 Å². The van der Waals surface area contributed by atoms with Crippen LogP contribution in [0.2, 0.25) is 0 Å². The number of thiazole rings is 1. The zero-order valence-corrected chi connectivity index (χ0v) is 11.0. The molecule has 1 N–H and O–H groups in total. The molecule has 1 aliphatic rings. The third-order valence-corrected chi connectivity index (χ3v) is 4.61. The monoisotopic (exact) mass is 246 g/mol. The number of aromatic nitrogens is 1. The van der Waals surface area contributed by atoms with Crippen LogP contribution in [0.4, 0.5) is 0 Å². The van der Waals surface area contributed by atoms with Gasteiger partial charge >= 0.3 is 0 Å². The van der Waals surface area contributed by atoms with Crippen molar-refractivity contribution in [2.45, 2.75) is 38.8 Å². The molecule has 1 aliphatic carbocycles. The summed E-state index contributed by atoms with van der Waals surface area (Å²) in [6.45, 7) is 3.27. The first-order valence-corrected chi connectivity index (χ1v) is 7.21. The quantitative estimate of drug-likeness (QED) is 0.895. The topological polar surface area (TPSA) is 24.9 Å². The maximum absolute atomic E-state index is 4.65. The molecule has 17 heavy (non-hydrogen) atoms. The van der Waals surface area contributed by atoms with Gasteiger partial charge in [-0.2, -0.15) is 0 Å². The van der Waals surface area contributed by atoms with Crippen molar-refractivity contribution in [3.63, 3.8) is 0 Å². The van der Waals surface area contributed by atoms with E-state index in [0.717, 1.165) is 18.0 Å². The molecule has 0 amide bonds. The van der Waals surface area contributed by atoms with Crippen LogP contribution in [0.15, 0.2) is 24.3 Å². The number of fused-ring (bicyclic) bond motifs is 1. The summed E-state index contributed by atoms with van der Waals surface area (Å²) >= 11 is 1.81. The van der Waals surface area contributed by atoms with E-state index in [1.54, 1.807) is 0 Å². The molecular formula is C14H18N2S. The van der Waals surface area contributed by atoms with E-state index in [2.05, 4.69) is 41.5 Å². The van der Waals surface area contributed by atoms with E-state index in [1.807, 2.05) is 11.3 Å². The second kappa shape index (κ2) is 4.75. The molecule has 0 spiro atoms. The zero-order chi connectivity index (χ0) is 11.7. The fourth-order valence-corrected chi connectivity index (χ4v) is 3.54. The number of hydrogen-bond donors (Lipinski definition) is 1. The second-order valence-corrected chi connectivity index (χ2v) is 6.19. The first kappa shape index (κ1) is 11.2. The Hall–Kier alpha value is -0.930. The Bertz CT molecular complexity index is 473. The smallest absolute Gasteiger partial charge is 0.108 e. The highest BCUT2D eigenvalue weighted by molar-refractivity contribution is 7.18. The Morgan fingerprint density at radius 2 is 2.24 bits per heavy atom. The average Bonchev–Trinajstić information content (AvgIpc) is 2.91. The molecule has 0 saturated heterocycles. The van der Waals surface area contributed by atoms with Gasteiger partial charge in [0.15, 0.2) is 0 Å². The number of benzene rings is 1. The summed E-state index contributed by atoms with van der Waals surface area (Å²) in [5, 5.41) is 4.85. The van der Waals surface area contributed by atoms with Crippen LogP contribution in [0.1, 0.15) is 31.2 Å². The highest BCUT2D eigenvalue weighted by Gasteiger charge is 2.20. The van der Waals surface area contributed by atoms with Crippen LogP contribution in [0.3, 0.4) is 0 Å². The SMILES string of the molecule is CC1CCC(NCc2nc3ccccc3s2)C1. The van der Waals surface area contributed by atoms with Crippen molar-refractivity contribution in [3.05, 3.63) is 29.3 Å². The maximum Gasteiger partial charge on any atom is 0.108 e. The molecule has 90 valence electrons. The van der Waals surface area contributed by atoms with Crippen molar-refractivity contribution in [1.82, 2.24) is 10.3 Å². The van der Waals surface area contributed by atoms with Gasteiger partial charge in [0, 0.05) is 12.6 Å². The summed E-state index contributed by atoms with van der Waals surface area (Å²) in [7, 11) is 0. The molecule has 2 atom stereocenters. The van der Waals surface area contributed by atoms with E-state index < -0.39 is 0 Å². The van der Waals surface area contributed by atoms with Gasteiger partial charge in [-0.25, -0.2) is 4.98 Å². The first-order chi connectivity index (χ1) is 8.31. The Balaban J connectivity index is 1.65. The molecule has 0 aliphatic heterocycles. The number of nitrogens with zero attached hydrogens (tertiary/aromatic N) is 1. The Labute approximate surface area is 106 Å². The van der Waals surface area contributed by atoms with Gasteiger partial charge in [-0.15, -0.1) is 11.3 Å². The average molecular weight is 246 g/mol. The molecule has 2 aromatic rings. The van der Waals surface area contributed by atoms with E-state index >= 15 is 0 Å². The lowest BCUT2D eigenvalue weighted by Crippen LogP contribution is -2.25. The number of para-hydroxylation sites is 1. The normalized spacial score (nSPS) is 24.5. The summed E-state index contributed by atoms with van der Waals surface area (Å²) in [5.41, 5.74) is 1.13. The first-order valence-electron chi connectivity index (χ1n) is 6.39. The highest BCUT2D eigenvalue weighted by atomic mass is 32.1. The Kier molecular flexibility index (Phi) is 3.12. The summed E-state index contributed by atoms with van der Waals surface area (Å²) in [6, 6.07) is 9.08. The fraction of sp³-hybridized carbons (Fsp3) is 0.500. The third-order valence-electron chi connectivity index (χ3n) is 3.57. The molecule has 1 saturated carbocycles. The number of nitrogens with one attached hydrogen (secondary N) is 1. The molecule has 1 aromatic heterocycles. The predicted octanol–water partition coefficient (Wildman–Crippen LogP) is 3.57. The molecule has 1 aromatic carbocycles. The predicted molar refractivity (Wildman–Crippen MR) is 73.3 cm³/mol. The Morgan fingerprint density at radius 1 is 1.35 bits per heavy atom.